The fraction of sp³-hybridized carbons (Fsp3) is 0.188. The standard InChI is InChI=1S/C16H16N2O6/c1-22-12-3-4-13(14(9-12)23-2)17-15(19)10-24-16(20)11-5-7-18(21)8-6-11/h3-9H,10H2,1-2H3,(H,17,19). The van der Waals surface area contributed by atoms with Crippen LogP contribution in [0, 0.1) is 5.21 Å². The van der Waals surface area contributed by atoms with E-state index in [0.29, 0.717) is 21.9 Å². The minimum Gasteiger partial charge on any atom is -0.619 e. The molecule has 0 saturated heterocycles. The molecule has 1 amide bonds. The number of nitrogens with zero attached hydrogens (tertiary/aromatic N) is 1. The molecule has 2 rings (SSSR count). The minimum atomic E-state index is -0.701. The molecule has 0 fully saturated rings. The summed E-state index contributed by atoms with van der Waals surface area (Å²) in [4.78, 5) is 23.7. The maximum atomic E-state index is 11.9. The van der Waals surface area contributed by atoms with E-state index in [1.54, 1.807) is 18.2 Å². The summed E-state index contributed by atoms with van der Waals surface area (Å²) in [6.07, 6.45) is 2.33. The Morgan fingerprint density at radius 3 is 2.46 bits per heavy atom. The molecule has 8 nitrogen and oxygen atoms in total. The van der Waals surface area contributed by atoms with Gasteiger partial charge in [0.2, 0.25) is 0 Å². The lowest BCUT2D eigenvalue weighted by Crippen LogP contribution is -2.25. The van der Waals surface area contributed by atoms with Gasteiger partial charge < -0.3 is 24.7 Å². The first kappa shape index (κ1) is 17.1. The molecular weight excluding hydrogens is 316 g/mol. The second-order valence-electron chi connectivity index (χ2n) is 4.64. The van der Waals surface area contributed by atoms with Gasteiger partial charge in [-0.2, -0.15) is 4.73 Å². The van der Waals surface area contributed by atoms with Crippen molar-refractivity contribution >= 4 is 17.6 Å². The van der Waals surface area contributed by atoms with Crippen LogP contribution in [0.1, 0.15) is 10.4 Å². The number of rotatable bonds is 6. The predicted octanol–water partition coefficient (Wildman–Crippen LogP) is 1.13. The first-order valence-electron chi connectivity index (χ1n) is 6.91. The van der Waals surface area contributed by atoms with Crippen LogP contribution in [-0.2, 0) is 9.53 Å². The largest absolute Gasteiger partial charge is 0.619 e. The molecule has 8 heteroatoms. The summed E-state index contributed by atoms with van der Waals surface area (Å²) < 4.78 is 15.7. The Balaban J connectivity index is 1.93. The molecule has 0 aliphatic carbocycles. The van der Waals surface area contributed by atoms with Gasteiger partial charge in [0.15, 0.2) is 19.0 Å². The molecule has 1 aromatic carbocycles. The third-order valence-electron chi connectivity index (χ3n) is 3.05. The highest BCUT2D eigenvalue weighted by atomic mass is 16.5. The van der Waals surface area contributed by atoms with Crippen molar-refractivity contribution in [3.05, 3.63) is 53.5 Å². The number of nitrogens with one attached hydrogen (secondary N) is 1. The van der Waals surface area contributed by atoms with Gasteiger partial charge in [-0.1, -0.05) is 0 Å². The van der Waals surface area contributed by atoms with E-state index in [-0.39, 0.29) is 5.56 Å². The van der Waals surface area contributed by atoms with E-state index in [1.807, 2.05) is 0 Å². The van der Waals surface area contributed by atoms with Gasteiger partial charge in [0, 0.05) is 18.2 Å². The Morgan fingerprint density at radius 2 is 1.83 bits per heavy atom. The van der Waals surface area contributed by atoms with Crippen molar-refractivity contribution in [1.82, 2.24) is 0 Å². The molecule has 2 aromatic rings. The lowest BCUT2D eigenvalue weighted by molar-refractivity contribution is -0.605. The molecule has 126 valence electrons. The van der Waals surface area contributed by atoms with Crippen molar-refractivity contribution in [2.75, 3.05) is 26.1 Å². The highest BCUT2D eigenvalue weighted by molar-refractivity contribution is 5.96. The van der Waals surface area contributed by atoms with Crippen LogP contribution >= 0.6 is 0 Å². The van der Waals surface area contributed by atoms with Gasteiger partial charge in [-0.05, 0) is 12.1 Å². The Kier molecular flexibility index (Phi) is 5.56. The zero-order chi connectivity index (χ0) is 17.5. The molecule has 1 N–H and O–H groups in total. The van der Waals surface area contributed by atoms with Gasteiger partial charge in [-0.3, -0.25) is 4.79 Å². The summed E-state index contributed by atoms with van der Waals surface area (Å²) in [6, 6.07) is 7.50. The number of methoxy groups -OCH3 is 2. The number of pyridine rings is 1. The number of hydrogen-bond donors (Lipinski definition) is 1. The summed E-state index contributed by atoms with van der Waals surface area (Å²) in [7, 11) is 2.98. The average Bonchev–Trinajstić information content (AvgIpc) is 2.60. The predicted molar refractivity (Wildman–Crippen MR) is 83.9 cm³/mol. The fourth-order valence-corrected chi connectivity index (χ4v) is 1.85. The third kappa shape index (κ3) is 4.35. The monoisotopic (exact) mass is 332 g/mol. The maximum absolute atomic E-state index is 11.9. The van der Waals surface area contributed by atoms with Crippen molar-refractivity contribution in [3.63, 3.8) is 0 Å². The molecule has 0 radical (unpaired) electrons. The first-order chi connectivity index (χ1) is 11.5. The van der Waals surface area contributed by atoms with Crippen LogP contribution in [-0.4, -0.2) is 32.7 Å². The number of hydrogen-bond acceptors (Lipinski definition) is 6. The van der Waals surface area contributed by atoms with Crippen molar-refractivity contribution in [1.29, 1.82) is 0 Å². The summed E-state index contributed by atoms with van der Waals surface area (Å²) in [6.45, 7) is -0.472. The van der Waals surface area contributed by atoms with Gasteiger partial charge in [-0.15, -0.1) is 0 Å². The quantitative estimate of drug-likeness (QED) is 0.483. The van der Waals surface area contributed by atoms with Crippen LogP contribution in [0.15, 0.2) is 42.7 Å². The Hall–Kier alpha value is -3.29. The molecule has 0 saturated carbocycles. The summed E-state index contributed by atoms with van der Waals surface area (Å²) in [5, 5.41) is 13.5. The van der Waals surface area contributed by atoms with E-state index in [1.165, 1.54) is 38.7 Å². The van der Waals surface area contributed by atoms with Crippen LogP contribution < -0.4 is 19.5 Å². The molecule has 0 unspecified atom stereocenters. The number of carbonyl (C=O) groups excluding carboxylic acids is 2. The van der Waals surface area contributed by atoms with E-state index >= 15 is 0 Å². The van der Waals surface area contributed by atoms with Gasteiger partial charge in [0.05, 0.1) is 25.5 Å². The number of anilines is 1. The topological polar surface area (TPSA) is 101 Å². The average molecular weight is 332 g/mol. The molecule has 0 aliphatic rings. The van der Waals surface area contributed by atoms with Crippen molar-refractivity contribution in [3.8, 4) is 11.5 Å². The minimum absolute atomic E-state index is 0.178. The number of benzene rings is 1. The van der Waals surface area contributed by atoms with Gasteiger partial charge in [0.25, 0.3) is 5.91 Å². The molecule has 1 aromatic heterocycles. The number of esters is 1. The van der Waals surface area contributed by atoms with Crippen LogP contribution in [0.25, 0.3) is 0 Å². The van der Waals surface area contributed by atoms with Crippen LogP contribution in [0.4, 0.5) is 5.69 Å². The van der Waals surface area contributed by atoms with E-state index in [9.17, 15) is 14.8 Å². The second-order valence-corrected chi connectivity index (χ2v) is 4.64. The van der Waals surface area contributed by atoms with Crippen molar-refractivity contribution < 1.29 is 28.5 Å². The highest BCUT2D eigenvalue weighted by Gasteiger charge is 2.13. The summed E-state index contributed by atoms with van der Waals surface area (Å²) >= 11 is 0. The SMILES string of the molecule is COc1ccc(NC(=O)COC(=O)c2cc[n+]([O-])cc2)c(OC)c1. The molecule has 0 atom stereocenters. The van der Waals surface area contributed by atoms with E-state index in [2.05, 4.69) is 5.32 Å². The smallest absolute Gasteiger partial charge is 0.339 e. The lowest BCUT2D eigenvalue weighted by Gasteiger charge is -2.11. The summed E-state index contributed by atoms with van der Waals surface area (Å²) in [5.41, 5.74) is 0.600. The Morgan fingerprint density at radius 1 is 1.12 bits per heavy atom. The molecule has 0 aliphatic heterocycles. The van der Waals surface area contributed by atoms with Crippen LogP contribution in [0.3, 0.4) is 0 Å². The second kappa shape index (κ2) is 7.82. The van der Waals surface area contributed by atoms with Gasteiger partial charge in [0.1, 0.15) is 11.5 Å². The number of carbonyl (C=O) groups is 2. The normalized spacial score (nSPS) is 9.92. The molecule has 24 heavy (non-hydrogen) atoms. The Labute approximate surface area is 138 Å². The fourth-order valence-electron chi connectivity index (χ4n) is 1.85. The summed E-state index contributed by atoms with van der Waals surface area (Å²) in [5.74, 6) is -0.234. The van der Waals surface area contributed by atoms with E-state index < -0.39 is 18.5 Å². The molecule has 1 heterocycles. The van der Waals surface area contributed by atoms with E-state index in [0.717, 1.165) is 0 Å². The molecule has 0 bridgehead atoms. The Bertz CT molecular complexity index is 730. The van der Waals surface area contributed by atoms with Gasteiger partial charge in [-0.25, -0.2) is 4.79 Å². The number of ether oxygens (including phenoxy) is 3. The van der Waals surface area contributed by atoms with Gasteiger partial charge >= 0.3 is 5.97 Å². The number of aromatic nitrogens is 1. The molecular formula is C16H16N2O6. The first-order valence-corrected chi connectivity index (χ1v) is 6.91. The highest BCUT2D eigenvalue weighted by Crippen LogP contribution is 2.28. The van der Waals surface area contributed by atoms with Crippen molar-refractivity contribution in [2.45, 2.75) is 0 Å². The van der Waals surface area contributed by atoms with Crippen molar-refractivity contribution in [2.24, 2.45) is 0 Å². The third-order valence-corrected chi connectivity index (χ3v) is 3.05. The molecule has 0 spiro atoms. The lowest BCUT2D eigenvalue weighted by atomic mass is 10.2. The van der Waals surface area contributed by atoms with E-state index in [4.69, 9.17) is 14.2 Å². The van der Waals surface area contributed by atoms with Crippen LogP contribution in [0.5, 0.6) is 11.5 Å². The van der Waals surface area contributed by atoms with Crippen LogP contribution in [0.2, 0.25) is 0 Å². The number of amides is 1. The maximum Gasteiger partial charge on any atom is 0.339 e. The zero-order valence-electron chi connectivity index (χ0n) is 13.1. The zero-order valence-corrected chi connectivity index (χ0v) is 13.1.